The first-order valence-corrected chi connectivity index (χ1v) is 8.89. The van der Waals surface area contributed by atoms with E-state index in [0.717, 1.165) is 9.80 Å². The van der Waals surface area contributed by atoms with E-state index in [2.05, 4.69) is 21.3 Å². The molecular weight excluding hydrogens is 372 g/mol. The fourth-order valence-corrected chi connectivity index (χ4v) is 2.28. The molecule has 12 nitrogen and oxygen atoms in total. The number of carbonyl (C=O) groups excluding carboxylic acids is 6. The summed E-state index contributed by atoms with van der Waals surface area (Å²) in [5.41, 5.74) is 0. The Morgan fingerprint density at radius 1 is 0.929 bits per heavy atom. The molecule has 0 radical (unpaired) electrons. The van der Waals surface area contributed by atoms with Gasteiger partial charge in [-0.2, -0.15) is 0 Å². The second-order valence-corrected chi connectivity index (χ2v) is 5.96. The fraction of sp³-hybridized carbons (Fsp3) is 0.625. The average Bonchev–Trinajstić information content (AvgIpc) is 2.66. The van der Waals surface area contributed by atoms with Gasteiger partial charge in [0, 0.05) is 13.0 Å². The first-order chi connectivity index (χ1) is 13.3. The van der Waals surface area contributed by atoms with Crippen molar-refractivity contribution in [3.63, 3.8) is 0 Å². The van der Waals surface area contributed by atoms with Gasteiger partial charge in [-0.05, 0) is 6.92 Å². The molecule has 1 heterocycles. The summed E-state index contributed by atoms with van der Waals surface area (Å²) in [7, 11) is 0. The lowest BCUT2D eigenvalue weighted by Gasteiger charge is -2.25. The van der Waals surface area contributed by atoms with E-state index in [1.807, 2.05) is 0 Å². The minimum atomic E-state index is -0.623. The number of nitrogens with zero attached hydrogens (tertiary/aromatic N) is 2. The largest absolute Gasteiger partial charge is 0.355 e. The zero-order valence-electron chi connectivity index (χ0n) is 16.0. The average molecular weight is 398 g/mol. The smallest absolute Gasteiger partial charge is 0.243 e. The van der Waals surface area contributed by atoms with Gasteiger partial charge in [-0.25, -0.2) is 0 Å². The summed E-state index contributed by atoms with van der Waals surface area (Å²) in [5, 5.41) is 9.65. The van der Waals surface area contributed by atoms with Gasteiger partial charge in [-0.15, -0.1) is 0 Å². The molecule has 156 valence electrons. The van der Waals surface area contributed by atoms with Crippen LogP contribution < -0.4 is 21.3 Å². The van der Waals surface area contributed by atoms with Crippen LogP contribution in [-0.4, -0.2) is 91.2 Å². The highest BCUT2D eigenvalue weighted by atomic mass is 16.2. The maximum Gasteiger partial charge on any atom is 0.243 e. The van der Waals surface area contributed by atoms with Gasteiger partial charge in [0.1, 0.15) is 19.6 Å². The molecule has 1 fully saturated rings. The van der Waals surface area contributed by atoms with Crippen LogP contribution in [0.1, 0.15) is 20.3 Å². The quantitative estimate of drug-likeness (QED) is 0.385. The first-order valence-electron chi connectivity index (χ1n) is 8.89. The van der Waals surface area contributed by atoms with Gasteiger partial charge in [-0.1, -0.05) is 6.92 Å². The second kappa shape index (κ2) is 11.5. The number of hydrogen-bond acceptors (Lipinski definition) is 6. The fourth-order valence-electron chi connectivity index (χ4n) is 2.28. The number of carbonyl (C=O) groups is 6. The Morgan fingerprint density at radius 2 is 1.54 bits per heavy atom. The molecule has 28 heavy (non-hydrogen) atoms. The maximum atomic E-state index is 12.3. The molecule has 0 aromatic carbocycles. The van der Waals surface area contributed by atoms with Crippen molar-refractivity contribution in [2.45, 2.75) is 20.3 Å². The third-order valence-corrected chi connectivity index (χ3v) is 3.74. The molecule has 6 amide bonds. The molecule has 0 aliphatic carbocycles. The van der Waals surface area contributed by atoms with E-state index < -0.39 is 48.5 Å². The van der Waals surface area contributed by atoms with Crippen molar-refractivity contribution in [2.24, 2.45) is 0 Å². The van der Waals surface area contributed by atoms with Crippen molar-refractivity contribution < 1.29 is 28.8 Å². The Balaban J connectivity index is 2.90. The van der Waals surface area contributed by atoms with Crippen molar-refractivity contribution in [3.05, 3.63) is 0 Å². The van der Waals surface area contributed by atoms with Crippen LogP contribution in [0.5, 0.6) is 0 Å². The molecule has 0 spiro atoms. The van der Waals surface area contributed by atoms with Gasteiger partial charge in [0.05, 0.1) is 19.8 Å². The summed E-state index contributed by atoms with van der Waals surface area (Å²) < 4.78 is 0. The van der Waals surface area contributed by atoms with Crippen molar-refractivity contribution in [1.82, 2.24) is 31.1 Å². The Labute approximate surface area is 162 Å². The highest BCUT2D eigenvalue weighted by Gasteiger charge is 2.22. The van der Waals surface area contributed by atoms with Gasteiger partial charge < -0.3 is 31.1 Å². The summed E-state index contributed by atoms with van der Waals surface area (Å²) in [6.45, 7) is 1.52. The lowest BCUT2D eigenvalue weighted by molar-refractivity contribution is -0.141. The van der Waals surface area contributed by atoms with Gasteiger partial charge in [-0.3, -0.25) is 28.8 Å². The number of hydrogen-bond donors (Lipinski definition) is 4. The van der Waals surface area contributed by atoms with Crippen molar-refractivity contribution in [2.75, 3.05) is 45.9 Å². The predicted molar refractivity (Wildman–Crippen MR) is 96.3 cm³/mol. The molecular formula is C16H26N6O6. The minimum absolute atomic E-state index is 0.0836. The van der Waals surface area contributed by atoms with E-state index in [-0.39, 0.29) is 32.7 Å². The molecule has 0 atom stereocenters. The zero-order chi connectivity index (χ0) is 21.1. The monoisotopic (exact) mass is 398 g/mol. The van der Waals surface area contributed by atoms with Gasteiger partial charge in [0.2, 0.25) is 35.4 Å². The summed E-state index contributed by atoms with van der Waals surface area (Å²) >= 11 is 0. The predicted octanol–water partition coefficient (Wildman–Crippen LogP) is -3.49. The van der Waals surface area contributed by atoms with Gasteiger partial charge in [0.25, 0.3) is 0 Å². The van der Waals surface area contributed by atoms with Crippen molar-refractivity contribution >= 4 is 35.4 Å². The Bertz CT molecular complexity index is 637. The molecule has 1 aliphatic heterocycles. The molecule has 0 unspecified atom stereocenters. The topological polar surface area (TPSA) is 157 Å². The summed E-state index contributed by atoms with van der Waals surface area (Å²) in [4.78, 5) is 74.0. The van der Waals surface area contributed by atoms with E-state index in [0.29, 0.717) is 6.54 Å². The summed E-state index contributed by atoms with van der Waals surface area (Å²) in [6.07, 6.45) is 0.0836. The summed E-state index contributed by atoms with van der Waals surface area (Å²) in [5.74, 6) is -3.23. The van der Waals surface area contributed by atoms with Crippen LogP contribution in [0.25, 0.3) is 0 Å². The first kappa shape index (κ1) is 22.9. The number of rotatable bonds is 4. The normalized spacial score (nSPS) is 17.2. The van der Waals surface area contributed by atoms with E-state index in [9.17, 15) is 28.8 Å². The van der Waals surface area contributed by atoms with Crippen LogP contribution in [0.2, 0.25) is 0 Å². The molecule has 1 rings (SSSR count). The highest BCUT2D eigenvalue weighted by molar-refractivity contribution is 5.93. The van der Waals surface area contributed by atoms with E-state index in [4.69, 9.17) is 0 Å². The third-order valence-electron chi connectivity index (χ3n) is 3.74. The maximum absolute atomic E-state index is 12.3. The zero-order valence-corrected chi connectivity index (χ0v) is 16.0. The second-order valence-electron chi connectivity index (χ2n) is 5.96. The third kappa shape index (κ3) is 8.01. The molecule has 1 aliphatic rings. The molecule has 0 aromatic rings. The Morgan fingerprint density at radius 3 is 2.11 bits per heavy atom. The van der Waals surface area contributed by atoms with Crippen LogP contribution in [0.15, 0.2) is 0 Å². The minimum Gasteiger partial charge on any atom is -0.355 e. The van der Waals surface area contributed by atoms with Crippen molar-refractivity contribution in [3.8, 4) is 0 Å². The van der Waals surface area contributed by atoms with E-state index in [1.165, 1.54) is 0 Å². The van der Waals surface area contributed by atoms with Gasteiger partial charge in [0.15, 0.2) is 0 Å². The number of nitrogens with one attached hydrogen (secondary N) is 4. The lowest BCUT2D eigenvalue weighted by atomic mass is 10.3. The summed E-state index contributed by atoms with van der Waals surface area (Å²) in [6, 6.07) is 0. The SMILES string of the molecule is CCNC(=O)CN1CNC(=O)CNC(=O)CN(C(=O)CC)CC(=O)NCC1=O. The van der Waals surface area contributed by atoms with Crippen LogP contribution in [0.3, 0.4) is 0 Å². The van der Waals surface area contributed by atoms with Crippen LogP contribution >= 0.6 is 0 Å². The molecule has 12 heteroatoms. The Hall–Kier alpha value is -3.18. The lowest BCUT2D eigenvalue weighted by Crippen LogP contribution is -2.53. The van der Waals surface area contributed by atoms with Crippen molar-refractivity contribution in [1.29, 1.82) is 0 Å². The molecule has 0 aromatic heterocycles. The Kier molecular flexibility index (Phi) is 9.40. The standard InChI is InChI=1S/C16H26N6O6/c1-3-15(27)21-7-13(25)18-5-11(23)20-10-22(9-12(24)17-4-2)16(28)6-19-14(26)8-21/h3-10H2,1-2H3,(H,17,24)(H,18,25)(H,19,26)(H,20,23). The molecule has 1 saturated heterocycles. The molecule has 0 saturated carbocycles. The molecule has 4 N–H and O–H groups in total. The van der Waals surface area contributed by atoms with Gasteiger partial charge >= 0.3 is 0 Å². The highest BCUT2D eigenvalue weighted by Crippen LogP contribution is 1.95. The number of amides is 6. The van der Waals surface area contributed by atoms with E-state index >= 15 is 0 Å². The van der Waals surface area contributed by atoms with Crippen LogP contribution in [-0.2, 0) is 28.8 Å². The van der Waals surface area contributed by atoms with Crippen LogP contribution in [0, 0.1) is 0 Å². The molecule has 0 bridgehead atoms. The van der Waals surface area contributed by atoms with Crippen LogP contribution in [0.4, 0.5) is 0 Å². The van der Waals surface area contributed by atoms with E-state index in [1.54, 1.807) is 13.8 Å². The number of likely N-dealkylation sites (N-methyl/N-ethyl adjacent to an activating group) is 1.